The van der Waals surface area contributed by atoms with Crippen molar-refractivity contribution >= 4 is 50.7 Å². The monoisotopic (exact) mass is 405 g/mol. The van der Waals surface area contributed by atoms with E-state index in [1.165, 1.54) is 25.1 Å². The van der Waals surface area contributed by atoms with Gasteiger partial charge in [-0.15, -0.1) is 0 Å². The second kappa shape index (κ2) is 7.31. The van der Waals surface area contributed by atoms with Crippen LogP contribution in [0.15, 0.2) is 40.9 Å². The van der Waals surface area contributed by atoms with Crippen molar-refractivity contribution in [2.24, 2.45) is 0 Å². The van der Waals surface area contributed by atoms with Crippen LogP contribution in [0.2, 0.25) is 10.0 Å². The Morgan fingerprint density at radius 1 is 1.27 bits per heavy atom. The Balaban J connectivity index is 2.05. The summed E-state index contributed by atoms with van der Waals surface area (Å²) in [6.07, 6.45) is -0.860. The van der Waals surface area contributed by atoms with Crippen LogP contribution in [0.5, 0.6) is 5.75 Å². The van der Waals surface area contributed by atoms with Crippen LogP contribution in [-0.2, 0) is 4.79 Å². The highest BCUT2D eigenvalue weighted by Gasteiger charge is 2.18. The summed E-state index contributed by atoms with van der Waals surface area (Å²) in [4.78, 5) is 12.0. The molecule has 22 heavy (non-hydrogen) atoms. The lowest BCUT2D eigenvalue weighted by atomic mass is 10.2. The van der Waals surface area contributed by atoms with Crippen LogP contribution in [0.4, 0.5) is 10.1 Å². The van der Waals surface area contributed by atoms with E-state index in [0.29, 0.717) is 20.3 Å². The molecule has 0 saturated carbocycles. The SMILES string of the molecule is C[C@H](Oc1ccc(Cl)cc1Cl)C(=O)Nc1ccc(Br)cc1F. The summed E-state index contributed by atoms with van der Waals surface area (Å²) in [7, 11) is 0. The van der Waals surface area contributed by atoms with Gasteiger partial charge in [0.05, 0.1) is 10.7 Å². The van der Waals surface area contributed by atoms with Crippen LogP contribution in [-0.4, -0.2) is 12.0 Å². The Morgan fingerprint density at radius 2 is 2.00 bits per heavy atom. The zero-order chi connectivity index (χ0) is 16.3. The fraction of sp³-hybridized carbons (Fsp3) is 0.133. The summed E-state index contributed by atoms with van der Waals surface area (Å²) in [5.41, 5.74) is 0.0749. The number of carbonyl (C=O) groups excluding carboxylic acids is 1. The lowest BCUT2D eigenvalue weighted by Gasteiger charge is -2.16. The first-order valence-corrected chi connectivity index (χ1v) is 7.79. The topological polar surface area (TPSA) is 38.3 Å². The predicted octanol–water partition coefficient (Wildman–Crippen LogP) is 5.30. The molecule has 0 heterocycles. The normalized spacial score (nSPS) is 11.9. The van der Waals surface area contributed by atoms with E-state index >= 15 is 0 Å². The van der Waals surface area contributed by atoms with Crippen LogP contribution < -0.4 is 10.1 Å². The number of carbonyl (C=O) groups is 1. The highest BCUT2D eigenvalue weighted by atomic mass is 79.9. The van der Waals surface area contributed by atoms with Crippen LogP contribution in [0.1, 0.15) is 6.92 Å². The number of ether oxygens (including phenoxy) is 1. The number of rotatable bonds is 4. The molecular weight excluding hydrogens is 396 g/mol. The van der Waals surface area contributed by atoms with E-state index < -0.39 is 17.8 Å². The molecule has 0 bridgehead atoms. The van der Waals surface area contributed by atoms with Gasteiger partial charge in [-0.1, -0.05) is 39.1 Å². The maximum Gasteiger partial charge on any atom is 0.265 e. The second-order valence-corrected chi connectivity index (χ2v) is 6.21. The molecule has 2 rings (SSSR count). The van der Waals surface area contributed by atoms with Gasteiger partial charge in [-0.2, -0.15) is 0 Å². The highest BCUT2D eigenvalue weighted by molar-refractivity contribution is 9.10. The van der Waals surface area contributed by atoms with Crippen LogP contribution >= 0.6 is 39.1 Å². The molecule has 0 aliphatic heterocycles. The van der Waals surface area contributed by atoms with Gasteiger partial charge in [-0.3, -0.25) is 4.79 Å². The van der Waals surface area contributed by atoms with E-state index in [1.54, 1.807) is 18.2 Å². The minimum atomic E-state index is -0.860. The van der Waals surface area contributed by atoms with Crippen LogP contribution in [0.25, 0.3) is 0 Å². The molecule has 116 valence electrons. The fourth-order valence-corrected chi connectivity index (χ4v) is 2.43. The van der Waals surface area contributed by atoms with Gasteiger partial charge in [-0.05, 0) is 43.3 Å². The number of halogens is 4. The molecule has 0 fully saturated rings. The molecule has 1 N–H and O–H groups in total. The molecule has 0 aliphatic carbocycles. The zero-order valence-corrected chi connectivity index (χ0v) is 14.5. The van der Waals surface area contributed by atoms with Gasteiger partial charge in [0.2, 0.25) is 0 Å². The Hall–Kier alpha value is -1.30. The van der Waals surface area contributed by atoms with Crippen molar-refractivity contribution in [2.45, 2.75) is 13.0 Å². The number of nitrogens with one attached hydrogen (secondary N) is 1. The molecule has 2 aromatic carbocycles. The van der Waals surface area contributed by atoms with Crippen molar-refractivity contribution in [2.75, 3.05) is 5.32 Å². The van der Waals surface area contributed by atoms with Gasteiger partial charge < -0.3 is 10.1 Å². The van der Waals surface area contributed by atoms with Gasteiger partial charge in [0.15, 0.2) is 6.10 Å². The summed E-state index contributed by atoms with van der Waals surface area (Å²) in [6.45, 7) is 1.54. The minimum Gasteiger partial charge on any atom is -0.479 e. The molecule has 2 aromatic rings. The molecule has 0 aliphatic rings. The first-order chi connectivity index (χ1) is 10.4. The number of hydrogen-bond donors (Lipinski definition) is 1. The first-order valence-electron chi connectivity index (χ1n) is 6.24. The molecule has 0 saturated heterocycles. The minimum absolute atomic E-state index is 0.0749. The molecule has 0 spiro atoms. The van der Waals surface area contributed by atoms with Crippen molar-refractivity contribution in [1.29, 1.82) is 0 Å². The third-order valence-electron chi connectivity index (χ3n) is 2.76. The third kappa shape index (κ3) is 4.35. The molecule has 7 heteroatoms. The van der Waals surface area contributed by atoms with Crippen molar-refractivity contribution in [1.82, 2.24) is 0 Å². The highest BCUT2D eigenvalue weighted by Crippen LogP contribution is 2.28. The molecule has 1 atom stereocenters. The zero-order valence-electron chi connectivity index (χ0n) is 11.4. The summed E-state index contributed by atoms with van der Waals surface area (Å²) in [5, 5.41) is 3.22. The lowest BCUT2D eigenvalue weighted by Crippen LogP contribution is -2.30. The Kier molecular flexibility index (Phi) is 5.67. The smallest absolute Gasteiger partial charge is 0.265 e. The van der Waals surface area contributed by atoms with Gasteiger partial charge in [0, 0.05) is 9.50 Å². The van der Waals surface area contributed by atoms with Crippen molar-refractivity contribution < 1.29 is 13.9 Å². The summed E-state index contributed by atoms with van der Waals surface area (Å²) < 4.78 is 19.7. The van der Waals surface area contributed by atoms with Crippen LogP contribution in [0, 0.1) is 5.82 Å². The third-order valence-corrected chi connectivity index (χ3v) is 3.78. The first kappa shape index (κ1) is 17.1. The summed E-state index contributed by atoms with van der Waals surface area (Å²) >= 11 is 14.9. The standard InChI is InChI=1S/C15H11BrCl2FNO2/c1-8(22-14-5-3-10(17)7-11(14)18)15(21)20-13-4-2-9(16)6-12(13)19/h2-8H,1H3,(H,20,21)/t8-/m0/s1. The predicted molar refractivity (Wildman–Crippen MR) is 89.3 cm³/mol. The average molecular weight is 407 g/mol. The van der Waals surface area contributed by atoms with Gasteiger partial charge >= 0.3 is 0 Å². The van der Waals surface area contributed by atoms with Crippen LogP contribution in [0.3, 0.4) is 0 Å². The number of amides is 1. The van der Waals surface area contributed by atoms with E-state index in [-0.39, 0.29) is 5.69 Å². The Bertz CT molecular complexity index is 712. The lowest BCUT2D eigenvalue weighted by molar-refractivity contribution is -0.122. The van der Waals surface area contributed by atoms with E-state index in [0.717, 1.165) is 0 Å². The van der Waals surface area contributed by atoms with E-state index in [9.17, 15) is 9.18 Å². The van der Waals surface area contributed by atoms with Gasteiger partial charge in [-0.25, -0.2) is 4.39 Å². The number of hydrogen-bond acceptors (Lipinski definition) is 2. The van der Waals surface area contributed by atoms with Gasteiger partial charge in [0.1, 0.15) is 11.6 Å². The quantitative estimate of drug-likeness (QED) is 0.747. The summed E-state index contributed by atoms with van der Waals surface area (Å²) in [5.74, 6) is -0.711. The molecule has 1 amide bonds. The average Bonchev–Trinajstić information content (AvgIpc) is 2.44. The van der Waals surface area contributed by atoms with Crippen molar-refractivity contribution in [3.05, 3.63) is 56.7 Å². The Morgan fingerprint density at radius 3 is 2.64 bits per heavy atom. The fourth-order valence-electron chi connectivity index (χ4n) is 1.64. The van der Waals surface area contributed by atoms with Crippen molar-refractivity contribution in [3.8, 4) is 5.75 Å². The van der Waals surface area contributed by atoms with Gasteiger partial charge in [0.25, 0.3) is 5.91 Å². The summed E-state index contributed by atoms with van der Waals surface area (Å²) in [6, 6.07) is 9.02. The maximum absolute atomic E-state index is 13.7. The molecule has 3 nitrogen and oxygen atoms in total. The Labute approximate surface area is 145 Å². The molecular formula is C15H11BrCl2FNO2. The maximum atomic E-state index is 13.7. The number of benzene rings is 2. The molecule has 0 aromatic heterocycles. The van der Waals surface area contributed by atoms with E-state index in [4.69, 9.17) is 27.9 Å². The molecule has 0 radical (unpaired) electrons. The van der Waals surface area contributed by atoms with Crippen molar-refractivity contribution in [3.63, 3.8) is 0 Å². The second-order valence-electron chi connectivity index (χ2n) is 4.45. The van der Waals surface area contributed by atoms with E-state index in [2.05, 4.69) is 21.2 Å². The largest absolute Gasteiger partial charge is 0.479 e. The number of anilines is 1. The van der Waals surface area contributed by atoms with E-state index in [1.807, 2.05) is 0 Å². The molecule has 0 unspecified atom stereocenters.